The quantitative estimate of drug-likeness (QED) is 0.300. The summed E-state index contributed by atoms with van der Waals surface area (Å²) < 4.78 is 61.3. The van der Waals surface area contributed by atoms with Crippen molar-refractivity contribution in [3.63, 3.8) is 0 Å². The molecular formula is C15H16F3NO5S. The van der Waals surface area contributed by atoms with Crippen LogP contribution in [0.25, 0.3) is 0 Å². The lowest BCUT2D eigenvalue weighted by Crippen LogP contribution is -2.30. The summed E-state index contributed by atoms with van der Waals surface area (Å²) in [7, 11) is -5.55. The van der Waals surface area contributed by atoms with Crippen molar-refractivity contribution >= 4 is 21.9 Å². The van der Waals surface area contributed by atoms with E-state index in [2.05, 4.69) is 4.18 Å². The minimum Gasteiger partial charge on any atom is -0.274 e. The van der Waals surface area contributed by atoms with E-state index in [-0.39, 0.29) is 24.8 Å². The maximum absolute atomic E-state index is 12.1. The van der Waals surface area contributed by atoms with Crippen LogP contribution in [-0.4, -0.2) is 43.8 Å². The van der Waals surface area contributed by atoms with Crippen LogP contribution in [0.4, 0.5) is 13.2 Å². The Morgan fingerprint density at radius 2 is 1.44 bits per heavy atom. The number of carbonyl (C=O) groups is 2. The zero-order valence-corrected chi connectivity index (χ0v) is 13.9. The number of hydrogen-bond donors (Lipinski definition) is 0. The first kappa shape index (κ1) is 19.4. The van der Waals surface area contributed by atoms with Gasteiger partial charge in [0.25, 0.3) is 11.8 Å². The molecule has 0 radical (unpaired) electrons. The first-order chi connectivity index (χ1) is 11.6. The summed E-state index contributed by atoms with van der Waals surface area (Å²) in [6.07, 6.45) is 1.52. The number of unbranched alkanes of at least 4 members (excludes halogenated alkanes) is 3. The van der Waals surface area contributed by atoms with Crippen molar-refractivity contribution in [1.29, 1.82) is 0 Å². The first-order valence-corrected chi connectivity index (χ1v) is 8.97. The number of alkyl halides is 3. The van der Waals surface area contributed by atoms with Gasteiger partial charge in [-0.2, -0.15) is 21.6 Å². The summed E-state index contributed by atoms with van der Waals surface area (Å²) in [6, 6.07) is 6.49. The monoisotopic (exact) mass is 379 g/mol. The van der Waals surface area contributed by atoms with Gasteiger partial charge in [0.2, 0.25) is 0 Å². The van der Waals surface area contributed by atoms with Gasteiger partial charge in [0.15, 0.2) is 0 Å². The van der Waals surface area contributed by atoms with Gasteiger partial charge in [0.1, 0.15) is 0 Å². The highest BCUT2D eigenvalue weighted by molar-refractivity contribution is 7.87. The van der Waals surface area contributed by atoms with Gasteiger partial charge in [-0.1, -0.05) is 25.0 Å². The summed E-state index contributed by atoms with van der Waals surface area (Å²) >= 11 is 0. The van der Waals surface area contributed by atoms with Crippen molar-refractivity contribution in [2.45, 2.75) is 31.2 Å². The molecule has 0 saturated carbocycles. The molecule has 0 fully saturated rings. The van der Waals surface area contributed by atoms with Crippen molar-refractivity contribution < 1.29 is 35.4 Å². The molecular weight excluding hydrogens is 363 g/mol. The molecule has 0 aromatic heterocycles. The molecule has 1 heterocycles. The van der Waals surface area contributed by atoms with Crippen LogP contribution in [0.2, 0.25) is 0 Å². The van der Waals surface area contributed by atoms with Gasteiger partial charge in [-0.15, -0.1) is 0 Å². The number of nitrogens with zero attached hydrogens (tertiary/aromatic N) is 1. The Kier molecular flexibility index (Phi) is 5.83. The van der Waals surface area contributed by atoms with Gasteiger partial charge in [-0.05, 0) is 25.0 Å². The molecule has 2 amide bonds. The highest BCUT2D eigenvalue weighted by Gasteiger charge is 2.47. The molecule has 0 atom stereocenters. The highest BCUT2D eigenvalue weighted by atomic mass is 32.2. The molecule has 1 aromatic rings. The van der Waals surface area contributed by atoms with E-state index < -0.39 is 22.2 Å². The zero-order valence-electron chi connectivity index (χ0n) is 13.1. The van der Waals surface area contributed by atoms with Crippen LogP contribution < -0.4 is 0 Å². The second-order valence-corrected chi connectivity index (χ2v) is 7.05. The predicted molar refractivity (Wildman–Crippen MR) is 81.2 cm³/mol. The van der Waals surface area contributed by atoms with Crippen LogP contribution >= 0.6 is 0 Å². The Hall–Kier alpha value is -1.94. The van der Waals surface area contributed by atoms with Gasteiger partial charge >= 0.3 is 15.6 Å². The summed E-state index contributed by atoms with van der Waals surface area (Å²) in [6.45, 7) is -0.358. The van der Waals surface area contributed by atoms with Crippen LogP contribution in [0, 0.1) is 0 Å². The van der Waals surface area contributed by atoms with E-state index in [9.17, 15) is 31.2 Å². The van der Waals surface area contributed by atoms with E-state index in [0.29, 0.717) is 30.4 Å². The second kappa shape index (κ2) is 7.52. The molecule has 1 aliphatic rings. The number of imide groups is 1. The van der Waals surface area contributed by atoms with Crippen molar-refractivity contribution in [3.8, 4) is 0 Å². The van der Waals surface area contributed by atoms with E-state index in [4.69, 9.17) is 0 Å². The minimum absolute atomic E-state index is 0.122. The van der Waals surface area contributed by atoms with Crippen LogP contribution in [0.3, 0.4) is 0 Å². The first-order valence-electron chi connectivity index (χ1n) is 7.56. The van der Waals surface area contributed by atoms with E-state index in [1.165, 1.54) is 0 Å². The van der Waals surface area contributed by atoms with Crippen LogP contribution in [0.5, 0.6) is 0 Å². The Morgan fingerprint density at radius 3 is 1.96 bits per heavy atom. The summed E-state index contributed by atoms with van der Waals surface area (Å²) in [4.78, 5) is 25.3. The molecule has 0 spiro atoms. The molecule has 0 aliphatic carbocycles. The van der Waals surface area contributed by atoms with Crippen LogP contribution in [0.1, 0.15) is 46.4 Å². The van der Waals surface area contributed by atoms with Crippen molar-refractivity contribution in [2.75, 3.05) is 13.2 Å². The second-order valence-electron chi connectivity index (χ2n) is 5.44. The third kappa shape index (κ3) is 4.37. The Labute approximate surface area is 142 Å². The maximum Gasteiger partial charge on any atom is 0.523 e. The number of fused-ring (bicyclic) bond motifs is 1. The summed E-state index contributed by atoms with van der Waals surface area (Å²) in [5, 5.41) is 0. The van der Waals surface area contributed by atoms with Gasteiger partial charge in [-0.3, -0.25) is 18.7 Å². The third-order valence-electron chi connectivity index (χ3n) is 3.68. The maximum atomic E-state index is 12.1. The standard InChI is InChI=1S/C15H16F3NO5S/c16-15(17,18)25(22,23)24-10-6-2-1-5-9-19-13(20)11-7-3-4-8-12(11)14(19)21/h3-4,7-8H,1-2,5-6,9-10H2. The Balaban J connectivity index is 1.68. The molecule has 2 rings (SSSR count). The van der Waals surface area contributed by atoms with Gasteiger partial charge < -0.3 is 0 Å². The highest BCUT2D eigenvalue weighted by Crippen LogP contribution is 2.25. The number of rotatable bonds is 8. The molecule has 1 aromatic carbocycles. The summed E-state index contributed by atoms with van der Waals surface area (Å²) in [5.74, 6) is -0.722. The molecule has 0 N–H and O–H groups in total. The van der Waals surface area contributed by atoms with Crippen molar-refractivity contribution in [2.24, 2.45) is 0 Å². The van der Waals surface area contributed by atoms with Crippen LogP contribution in [0.15, 0.2) is 24.3 Å². The smallest absolute Gasteiger partial charge is 0.274 e. The molecule has 25 heavy (non-hydrogen) atoms. The average molecular weight is 379 g/mol. The van der Waals surface area contributed by atoms with E-state index >= 15 is 0 Å². The van der Waals surface area contributed by atoms with Crippen molar-refractivity contribution in [1.82, 2.24) is 4.90 Å². The fourth-order valence-corrected chi connectivity index (χ4v) is 2.87. The number of benzene rings is 1. The molecule has 10 heteroatoms. The molecule has 6 nitrogen and oxygen atoms in total. The van der Waals surface area contributed by atoms with Crippen molar-refractivity contribution in [3.05, 3.63) is 35.4 Å². The minimum atomic E-state index is -5.55. The normalized spacial score (nSPS) is 14.9. The molecule has 0 bridgehead atoms. The number of halogens is 3. The lowest BCUT2D eigenvalue weighted by molar-refractivity contribution is -0.0542. The number of amides is 2. The summed E-state index contributed by atoms with van der Waals surface area (Å²) in [5.41, 5.74) is -4.70. The zero-order chi connectivity index (χ0) is 18.7. The molecule has 0 saturated heterocycles. The third-order valence-corrected chi connectivity index (χ3v) is 4.72. The number of carbonyl (C=O) groups excluding carboxylic acids is 2. The van der Waals surface area contributed by atoms with E-state index in [0.717, 1.165) is 4.90 Å². The van der Waals surface area contributed by atoms with E-state index in [1.54, 1.807) is 24.3 Å². The fourth-order valence-electron chi connectivity index (χ4n) is 2.40. The number of hydrogen-bond acceptors (Lipinski definition) is 5. The lowest BCUT2D eigenvalue weighted by Gasteiger charge is -2.13. The molecule has 1 aliphatic heterocycles. The largest absolute Gasteiger partial charge is 0.523 e. The van der Waals surface area contributed by atoms with Gasteiger partial charge in [-0.25, -0.2) is 0 Å². The molecule has 138 valence electrons. The predicted octanol–water partition coefficient (Wildman–Crippen LogP) is 2.71. The Bertz CT molecular complexity index is 726. The van der Waals surface area contributed by atoms with Gasteiger partial charge in [0, 0.05) is 6.54 Å². The lowest BCUT2D eigenvalue weighted by atomic mass is 10.1. The Morgan fingerprint density at radius 1 is 0.920 bits per heavy atom. The van der Waals surface area contributed by atoms with E-state index in [1.807, 2.05) is 0 Å². The average Bonchev–Trinajstić information content (AvgIpc) is 2.78. The SMILES string of the molecule is O=C1c2ccccc2C(=O)N1CCCCCCOS(=O)(=O)C(F)(F)F. The fraction of sp³-hybridized carbons (Fsp3) is 0.467. The molecule has 0 unspecified atom stereocenters. The van der Waals surface area contributed by atoms with Gasteiger partial charge in [0.05, 0.1) is 17.7 Å². The van der Waals surface area contributed by atoms with Crippen LogP contribution in [-0.2, 0) is 14.3 Å². The topological polar surface area (TPSA) is 80.8 Å².